The third-order valence-corrected chi connectivity index (χ3v) is 3.90. The average Bonchev–Trinajstić information content (AvgIpc) is 1.93. The first kappa shape index (κ1) is 8.57. The van der Waals surface area contributed by atoms with Gasteiger partial charge in [-0.3, -0.25) is 0 Å². The second-order valence-electron chi connectivity index (χ2n) is 1.97. The van der Waals surface area contributed by atoms with E-state index in [1.807, 2.05) is 19.1 Å². The van der Waals surface area contributed by atoms with Crippen LogP contribution in [0.5, 0.6) is 0 Å². The Morgan fingerprint density at radius 1 is 1.30 bits per heavy atom. The molecule has 0 fully saturated rings. The van der Waals surface area contributed by atoms with Crippen molar-refractivity contribution in [3.63, 3.8) is 0 Å². The number of halogens is 3. The highest BCUT2D eigenvalue weighted by Crippen LogP contribution is 2.30. The zero-order valence-corrected chi connectivity index (χ0v) is 9.22. The minimum Gasteiger partial charge on any atom is -0.0840 e. The number of rotatable bonds is 0. The molecule has 0 radical (unpaired) electrons. The summed E-state index contributed by atoms with van der Waals surface area (Å²) in [6.07, 6.45) is 0. The normalized spacial score (nSPS) is 10.0. The smallest absolute Gasteiger partial charge is 0.0447 e. The third kappa shape index (κ3) is 1.55. The molecule has 0 unspecified atom stereocenters. The van der Waals surface area contributed by atoms with Crippen molar-refractivity contribution in [3.05, 3.63) is 31.7 Å². The summed E-state index contributed by atoms with van der Waals surface area (Å²) in [5.74, 6) is 0. The van der Waals surface area contributed by atoms with E-state index in [1.54, 1.807) is 0 Å². The van der Waals surface area contributed by atoms with Gasteiger partial charge in [-0.05, 0) is 56.5 Å². The van der Waals surface area contributed by atoms with E-state index in [-0.39, 0.29) is 0 Å². The zero-order valence-electron chi connectivity index (χ0n) is 5.29. The van der Waals surface area contributed by atoms with Crippen LogP contribution in [0.3, 0.4) is 0 Å². The van der Waals surface area contributed by atoms with Gasteiger partial charge in [0.2, 0.25) is 0 Å². The molecule has 1 rings (SSSR count). The lowest BCUT2D eigenvalue weighted by atomic mass is 10.2. The Bertz CT molecular complexity index is 231. The van der Waals surface area contributed by atoms with Gasteiger partial charge in [-0.15, -0.1) is 0 Å². The average molecular weight is 284 g/mol. The van der Waals surface area contributed by atoms with Gasteiger partial charge in [-0.1, -0.05) is 11.6 Å². The van der Waals surface area contributed by atoms with E-state index in [0.717, 1.165) is 19.5 Å². The monoisotopic (exact) mass is 282 g/mol. The third-order valence-electron chi connectivity index (χ3n) is 1.27. The Morgan fingerprint density at radius 2 is 1.90 bits per heavy atom. The van der Waals surface area contributed by atoms with E-state index < -0.39 is 0 Å². The summed E-state index contributed by atoms with van der Waals surface area (Å²) in [5, 5.41) is 0.787. The number of benzene rings is 1. The summed E-state index contributed by atoms with van der Waals surface area (Å²) in [5.41, 5.74) is 1.07. The van der Waals surface area contributed by atoms with Gasteiger partial charge in [0.05, 0.1) is 0 Å². The molecular weight excluding hydrogens is 279 g/mol. The number of hydrogen-bond acceptors (Lipinski definition) is 0. The fraction of sp³-hybridized carbons (Fsp3) is 0.143. The van der Waals surface area contributed by atoms with E-state index in [1.165, 1.54) is 0 Å². The van der Waals surface area contributed by atoms with Gasteiger partial charge in [0.15, 0.2) is 0 Å². The molecule has 0 heterocycles. The summed E-state index contributed by atoms with van der Waals surface area (Å²) in [4.78, 5) is 0. The molecule has 0 N–H and O–H groups in total. The van der Waals surface area contributed by atoms with Crippen LogP contribution in [0.25, 0.3) is 0 Å². The molecule has 10 heavy (non-hydrogen) atoms. The first-order chi connectivity index (χ1) is 4.63. The van der Waals surface area contributed by atoms with Crippen LogP contribution in [0.15, 0.2) is 21.1 Å². The van der Waals surface area contributed by atoms with E-state index in [4.69, 9.17) is 11.6 Å². The molecule has 0 aliphatic heterocycles. The Labute approximate surface area is 81.8 Å². The van der Waals surface area contributed by atoms with E-state index in [2.05, 4.69) is 31.9 Å². The quantitative estimate of drug-likeness (QED) is 0.627. The highest BCUT2D eigenvalue weighted by atomic mass is 79.9. The van der Waals surface area contributed by atoms with Gasteiger partial charge in [-0.25, -0.2) is 0 Å². The van der Waals surface area contributed by atoms with Crippen LogP contribution in [0.2, 0.25) is 5.02 Å². The lowest BCUT2D eigenvalue weighted by molar-refractivity contribution is 1.41. The van der Waals surface area contributed by atoms with Crippen LogP contribution < -0.4 is 0 Å². The van der Waals surface area contributed by atoms with Crippen molar-refractivity contribution < 1.29 is 0 Å². The molecule has 0 bridgehead atoms. The van der Waals surface area contributed by atoms with E-state index in [9.17, 15) is 0 Å². The second-order valence-corrected chi connectivity index (χ2v) is 4.02. The van der Waals surface area contributed by atoms with Crippen molar-refractivity contribution in [2.75, 3.05) is 0 Å². The summed E-state index contributed by atoms with van der Waals surface area (Å²) in [6, 6.07) is 3.78. The van der Waals surface area contributed by atoms with Crippen molar-refractivity contribution in [2.24, 2.45) is 0 Å². The fourth-order valence-electron chi connectivity index (χ4n) is 0.628. The van der Waals surface area contributed by atoms with Crippen LogP contribution in [0.4, 0.5) is 0 Å². The molecular formula is C7H5Br2Cl. The Balaban J connectivity index is 3.34. The predicted octanol–water partition coefficient (Wildman–Crippen LogP) is 4.17. The molecule has 0 amide bonds. The maximum Gasteiger partial charge on any atom is 0.0447 e. The zero-order chi connectivity index (χ0) is 7.72. The van der Waals surface area contributed by atoms with Crippen LogP contribution >= 0.6 is 43.5 Å². The molecule has 0 aliphatic carbocycles. The topological polar surface area (TPSA) is 0 Å². The van der Waals surface area contributed by atoms with Gasteiger partial charge in [0.1, 0.15) is 0 Å². The Morgan fingerprint density at radius 3 is 2.40 bits per heavy atom. The van der Waals surface area contributed by atoms with Gasteiger partial charge in [-0.2, -0.15) is 0 Å². The van der Waals surface area contributed by atoms with Gasteiger partial charge >= 0.3 is 0 Å². The van der Waals surface area contributed by atoms with Crippen LogP contribution in [0, 0.1) is 6.92 Å². The molecule has 1 aromatic carbocycles. The predicted molar refractivity (Wildman–Crippen MR) is 51.6 cm³/mol. The lowest BCUT2D eigenvalue weighted by Gasteiger charge is -2.01. The minimum absolute atomic E-state index is 0.787. The highest BCUT2D eigenvalue weighted by molar-refractivity contribution is 9.13. The molecule has 0 aliphatic rings. The van der Waals surface area contributed by atoms with Crippen molar-refractivity contribution in [1.82, 2.24) is 0 Å². The van der Waals surface area contributed by atoms with Crippen LogP contribution in [-0.4, -0.2) is 0 Å². The van der Waals surface area contributed by atoms with E-state index >= 15 is 0 Å². The van der Waals surface area contributed by atoms with Crippen molar-refractivity contribution in [1.29, 1.82) is 0 Å². The summed E-state index contributed by atoms with van der Waals surface area (Å²) in [7, 11) is 0. The molecule has 0 aromatic heterocycles. The maximum absolute atomic E-state index is 5.84. The first-order valence-electron chi connectivity index (χ1n) is 2.73. The van der Waals surface area contributed by atoms with Crippen LogP contribution in [0.1, 0.15) is 5.56 Å². The summed E-state index contributed by atoms with van der Waals surface area (Å²) >= 11 is 12.6. The molecule has 0 atom stereocenters. The Kier molecular flexibility index (Phi) is 2.78. The van der Waals surface area contributed by atoms with Gasteiger partial charge in [0.25, 0.3) is 0 Å². The van der Waals surface area contributed by atoms with Crippen molar-refractivity contribution in [3.8, 4) is 0 Å². The molecule has 0 saturated heterocycles. The van der Waals surface area contributed by atoms with Gasteiger partial charge in [0, 0.05) is 14.0 Å². The minimum atomic E-state index is 0.787. The molecule has 0 spiro atoms. The van der Waals surface area contributed by atoms with E-state index in [0.29, 0.717) is 0 Å². The first-order valence-corrected chi connectivity index (χ1v) is 4.69. The lowest BCUT2D eigenvalue weighted by Crippen LogP contribution is -1.77. The summed E-state index contributed by atoms with van der Waals surface area (Å²) < 4.78 is 2.06. The fourth-order valence-corrected chi connectivity index (χ4v) is 1.68. The SMILES string of the molecule is Cc1c(Cl)ccc(Br)c1Br. The Hall–Kier alpha value is 0.470. The van der Waals surface area contributed by atoms with Crippen molar-refractivity contribution >= 4 is 43.5 Å². The second kappa shape index (κ2) is 3.24. The molecule has 1 aromatic rings. The van der Waals surface area contributed by atoms with Crippen LogP contribution in [-0.2, 0) is 0 Å². The maximum atomic E-state index is 5.84. The number of hydrogen-bond donors (Lipinski definition) is 0. The highest BCUT2D eigenvalue weighted by Gasteiger charge is 2.02. The molecule has 54 valence electrons. The molecule has 0 nitrogen and oxygen atoms in total. The van der Waals surface area contributed by atoms with Gasteiger partial charge < -0.3 is 0 Å². The molecule has 3 heteroatoms. The largest absolute Gasteiger partial charge is 0.0840 e. The standard InChI is InChI=1S/C7H5Br2Cl/c1-4-6(10)3-2-5(8)7(4)9/h2-3H,1H3. The summed E-state index contributed by atoms with van der Waals surface area (Å²) in [6.45, 7) is 1.97. The van der Waals surface area contributed by atoms with Crippen molar-refractivity contribution in [2.45, 2.75) is 6.92 Å². The molecule has 0 saturated carbocycles.